The summed E-state index contributed by atoms with van der Waals surface area (Å²) in [5, 5.41) is 2.81. The van der Waals surface area contributed by atoms with Crippen LogP contribution in [0.1, 0.15) is 18.4 Å². The number of halogens is 3. The van der Waals surface area contributed by atoms with Crippen LogP contribution in [0.2, 0.25) is 5.02 Å². The molecule has 2 atom stereocenters. The molecule has 2 unspecified atom stereocenters. The maximum Gasteiger partial charge on any atom is 0.235 e. The minimum absolute atomic E-state index is 0.0439. The average Bonchev–Trinajstić information content (AvgIpc) is 3.16. The lowest BCUT2D eigenvalue weighted by atomic mass is 10.0. The van der Waals surface area contributed by atoms with E-state index in [1.54, 1.807) is 0 Å². The number of hydrogen-bond donors (Lipinski definition) is 1. The molecule has 112 valence electrons. The highest BCUT2D eigenvalue weighted by atomic mass is 35.5. The van der Waals surface area contributed by atoms with Gasteiger partial charge >= 0.3 is 0 Å². The number of benzene rings is 1. The summed E-state index contributed by atoms with van der Waals surface area (Å²) in [4.78, 5) is 4.06. The first-order chi connectivity index (χ1) is 10.2. The molecule has 0 saturated carbocycles. The Hall–Kier alpha value is -1.66. The molecule has 21 heavy (non-hydrogen) atoms. The molecule has 0 aliphatic carbocycles. The molecule has 7 heteroatoms. The zero-order valence-electron chi connectivity index (χ0n) is 11.0. The van der Waals surface area contributed by atoms with Crippen LogP contribution in [0.15, 0.2) is 29.0 Å². The van der Waals surface area contributed by atoms with Gasteiger partial charge < -0.3 is 14.5 Å². The van der Waals surface area contributed by atoms with Crippen molar-refractivity contribution in [1.29, 1.82) is 0 Å². The van der Waals surface area contributed by atoms with Gasteiger partial charge in [-0.25, -0.2) is 13.8 Å². The molecule has 1 N–H and O–H groups in total. The van der Waals surface area contributed by atoms with E-state index >= 15 is 0 Å². The fraction of sp³-hybridized carbons (Fsp3) is 0.357. The summed E-state index contributed by atoms with van der Waals surface area (Å²) in [6, 6.07) is 1.94. The Morgan fingerprint density at radius 1 is 1.38 bits per heavy atom. The fourth-order valence-electron chi connectivity index (χ4n) is 2.40. The smallest absolute Gasteiger partial charge is 0.235 e. The van der Waals surface area contributed by atoms with Gasteiger partial charge in [0.2, 0.25) is 5.89 Å². The molecular weight excluding hydrogens is 302 g/mol. The first kappa shape index (κ1) is 14.3. The second kappa shape index (κ2) is 5.99. The van der Waals surface area contributed by atoms with E-state index in [1.165, 1.54) is 12.5 Å². The monoisotopic (exact) mass is 314 g/mol. The Bertz CT molecular complexity index is 616. The zero-order valence-corrected chi connectivity index (χ0v) is 11.7. The third-order valence-electron chi connectivity index (χ3n) is 3.47. The van der Waals surface area contributed by atoms with Gasteiger partial charge in [0.25, 0.3) is 0 Å². The Labute approximate surface area is 125 Å². The van der Waals surface area contributed by atoms with Crippen molar-refractivity contribution in [2.75, 3.05) is 13.1 Å². The lowest BCUT2D eigenvalue weighted by Crippen LogP contribution is -2.22. The number of rotatable bonds is 4. The number of nitrogens with one attached hydrogen (secondary N) is 1. The third-order valence-corrected chi connectivity index (χ3v) is 3.82. The van der Waals surface area contributed by atoms with Gasteiger partial charge in [0.05, 0.1) is 6.20 Å². The van der Waals surface area contributed by atoms with Crippen LogP contribution < -0.4 is 10.1 Å². The van der Waals surface area contributed by atoms with E-state index in [4.69, 9.17) is 20.8 Å². The van der Waals surface area contributed by atoms with Crippen molar-refractivity contribution >= 4 is 11.6 Å². The normalized spacial score (nSPS) is 19.7. The lowest BCUT2D eigenvalue weighted by molar-refractivity contribution is 0.109. The van der Waals surface area contributed by atoms with Gasteiger partial charge in [0.1, 0.15) is 17.1 Å². The van der Waals surface area contributed by atoms with E-state index in [2.05, 4.69) is 10.3 Å². The highest BCUT2D eigenvalue weighted by Crippen LogP contribution is 2.37. The van der Waals surface area contributed by atoms with E-state index in [-0.39, 0.29) is 16.7 Å². The first-order valence-corrected chi connectivity index (χ1v) is 6.95. The standard InChI is InChI=1S/C14H13ClF2N2O2/c15-11-9(16)1-2-10(17)13(11)21-12(8-3-4-18-7-8)14-19-5-6-20-14/h1-2,5-6,8,12,18H,3-4,7H2. The van der Waals surface area contributed by atoms with E-state index in [0.717, 1.165) is 25.1 Å². The molecule has 3 rings (SSSR count). The van der Waals surface area contributed by atoms with Crippen LogP contribution in [-0.4, -0.2) is 18.1 Å². The highest BCUT2D eigenvalue weighted by Gasteiger charge is 2.33. The number of hydrogen-bond acceptors (Lipinski definition) is 4. The van der Waals surface area contributed by atoms with Crippen molar-refractivity contribution in [3.05, 3.63) is 47.1 Å². The molecule has 1 saturated heterocycles. The number of aromatic nitrogens is 1. The van der Waals surface area contributed by atoms with Gasteiger partial charge in [-0.1, -0.05) is 11.6 Å². The Kier molecular flexibility index (Phi) is 4.07. The van der Waals surface area contributed by atoms with Crippen molar-refractivity contribution in [3.63, 3.8) is 0 Å². The molecule has 1 aliphatic rings. The quantitative estimate of drug-likeness (QED) is 0.879. The number of oxazole rings is 1. The van der Waals surface area contributed by atoms with E-state index in [9.17, 15) is 8.78 Å². The second-order valence-corrected chi connectivity index (χ2v) is 5.21. The molecule has 0 amide bonds. The van der Waals surface area contributed by atoms with Crippen LogP contribution in [0, 0.1) is 17.6 Å². The van der Waals surface area contributed by atoms with Crippen LogP contribution in [0.4, 0.5) is 8.78 Å². The molecule has 1 aromatic heterocycles. The first-order valence-electron chi connectivity index (χ1n) is 6.57. The second-order valence-electron chi connectivity index (χ2n) is 4.83. The van der Waals surface area contributed by atoms with Crippen LogP contribution >= 0.6 is 11.6 Å². The van der Waals surface area contributed by atoms with Crippen molar-refractivity contribution in [2.45, 2.75) is 12.5 Å². The SMILES string of the molecule is Fc1ccc(F)c(OC(c2ncco2)C2CCNC2)c1Cl. The summed E-state index contributed by atoms with van der Waals surface area (Å²) < 4.78 is 38.3. The molecule has 1 aromatic carbocycles. The minimum Gasteiger partial charge on any atom is -0.476 e. The highest BCUT2D eigenvalue weighted by molar-refractivity contribution is 6.32. The van der Waals surface area contributed by atoms with Gasteiger partial charge in [0.15, 0.2) is 17.7 Å². The molecule has 2 aromatic rings. The summed E-state index contributed by atoms with van der Waals surface area (Å²) in [5.74, 6) is -1.40. The zero-order chi connectivity index (χ0) is 14.8. The summed E-state index contributed by atoms with van der Waals surface area (Å²) >= 11 is 5.80. The largest absolute Gasteiger partial charge is 0.476 e. The van der Waals surface area contributed by atoms with Gasteiger partial charge in [-0.3, -0.25) is 0 Å². The molecule has 0 spiro atoms. The molecule has 1 fully saturated rings. The maximum absolute atomic E-state index is 13.9. The van der Waals surface area contributed by atoms with E-state index in [0.29, 0.717) is 12.4 Å². The Morgan fingerprint density at radius 3 is 2.86 bits per heavy atom. The van der Waals surface area contributed by atoms with Gasteiger partial charge in [0, 0.05) is 12.5 Å². The van der Waals surface area contributed by atoms with Gasteiger partial charge in [-0.15, -0.1) is 0 Å². The van der Waals surface area contributed by atoms with E-state index < -0.39 is 17.7 Å². The van der Waals surface area contributed by atoms with Gasteiger partial charge in [-0.2, -0.15) is 0 Å². The third kappa shape index (κ3) is 2.87. The van der Waals surface area contributed by atoms with Crippen LogP contribution in [-0.2, 0) is 0 Å². The predicted octanol–water partition coefficient (Wildman–Crippen LogP) is 3.34. The number of nitrogens with zero attached hydrogens (tertiary/aromatic N) is 1. The molecule has 1 aliphatic heterocycles. The molecule has 4 nitrogen and oxygen atoms in total. The van der Waals surface area contributed by atoms with Crippen molar-refractivity contribution < 1.29 is 17.9 Å². The topological polar surface area (TPSA) is 47.3 Å². The van der Waals surface area contributed by atoms with Crippen molar-refractivity contribution in [1.82, 2.24) is 10.3 Å². The number of ether oxygens (including phenoxy) is 1. The molecule has 2 heterocycles. The summed E-state index contributed by atoms with van der Waals surface area (Å²) in [5.41, 5.74) is 0. The van der Waals surface area contributed by atoms with Crippen LogP contribution in [0.25, 0.3) is 0 Å². The molecular formula is C14H13ClF2N2O2. The van der Waals surface area contributed by atoms with Crippen molar-refractivity contribution in [3.8, 4) is 5.75 Å². The summed E-state index contributed by atoms with van der Waals surface area (Å²) in [6.45, 7) is 1.51. The summed E-state index contributed by atoms with van der Waals surface area (Å²) in [6.07, 6.45) is 3.10. The maximum atomic E-state index is 13.9. The Balaban J connectivity index is 1.93. The van der Waals surface area contributed by atoms with Crippen molar-refractivity contribution in [2.24, 2.45) is 5.92 Å². The summed E-state index contributed by atoms with van der Waals surface area (Å²) in [7, 11) is 0. The molecule has 0 radical (unpaired) electrons. The van der Waals surface area contributed by atoms with Gasteiger partial charge in [-0.05, 0) is 25.1 Å². The predicted molar refractivity (Wildman–Crippen MR) is 72.2 cm³/mol. The minimum atomic E-state index is -0.733. The van der Waals surface area contributed by atoms with Crippen LogP contribution in [0.3, 0.4) is 0 Å². The average molecular weight is 315 g/mol. The molecule has 0 bridgehead atoms. The Morgan fingerprint density at radius 2 is 2.19 bits per heavy atom. The van der Waals surface area contributed by atoms with E-state index in [1.807, 2.05) is 0 Å². The van der Waals surface area contributed by atoms with Crippen LogP contribution in [0.5, 0.6) is 5.75 Å². The lowest BCUT2D eigenvalue weighted by Gasteiger charge is -2.22. The fourth-order valence-corrected chi connectivity index (χ4v) is 2.60.